The molecule has 5 heteroatoms. The number of aryl methyl sites for hydroxylation is 1. The fourth-order valence-corrected chi connectivity index (χ4v) is 3.53. The molecule has 0 saturated heterocycles. The largest absolute Gasteiger partial charge is 0.394 e. The van der Waals surface area contributed by atoms with Gasteiger partial charge >= 0.3 is 0 Å². The van der Waals surface area contributed by atoms with Crippen molar-refractivity contribution < 1.29 is 5.11 Å². The molecule has 0 spiro atoms. The van der Waals surface area contributed by atoms with Crippen molar-refractivity contribution in [3.05, 3.63) is 18.0 Å². The minimum absolute atomic E-state index is 0.0682. The van der Waals surface area contributed by atoms with Crippen molar-refractivity contribution in [3.8, 4) is 0 Å². The van der Waals surface area contributed by atoms with E-state index >= 15 is 0 Å². The van der Waals surface area contributed by atoms with E-state index in [9.17, 15) is 5.11 Å². The van der Waals surface area contributed by atoms with Crippen LogP contribution in [0.2, 0.25) is 0 Å². The van der Waals surface area contributed by atoms with Crippen LogP contribution in [0.1, 0.15) is 31.4 Å². The second kappa shape index (κ2) is 5.33. The molecule has 0 amide bonds. The lowest BCUT2D eigenvalue weighted by Crippen LogP contribution is -2.48. The zero-order valence-corrected chi connectivity index (χ0v) is 10.9. The zero-order valence-electron chi connectivity index (χ0n) is 10.1. The van der Waals surface area contributed by atoms with Crippen LogP contribution in [0.4, 0.5) is 0 Å². The predicted octanol–water partition coefficient (Wildman–Crippen LogP) is 1.51. The number of nitrogens with zero attached hydrogens (tertiary/aromatic N) is 2. The molecular weight excluding hydrogens is 234 g/mol. The van der Waals surface area contributed by atoms with Crippen molar-refractivity contribution in [1.82, 2.24) is 9.97 Å². The van der Waals surface area contributed by atoms with Crippen LogP contribution in [0.15, 0.2) is 17.4 Å². The number of hydrogen-bond donors (Lipinski definition) is 2. The van der Waals surface area contributed by atoms with Gasteiger partial charge in [0.05, 0.1) is 6.61 Å². The lowest BCUT2D eigenvalue weighted by Gasteiger charge is -2.35. The molecule has 17 heavy (non-hydrogen) atoms. The second-order valence-electron chi connectivity index (χ2n) is 4.84. The number of thioether (sulfide) groups is 1. The van der Waals surface area contributed by atoms with Gasteiger partial charge in [-0.2, -0.15) is 0 Å². The Morgan fingerprint density at radius 2 is 2.47 bits per heavy atom. The van der Waals surface area contributed by atoms with Crippen molar-refractivity contribution in [2.75, 3.05) is 6.61 Å². The van der Waals surface area contributed by atoms with Crippen LogP contribution in [0.3, 0.4) is 0 Å². The van der Waals surface area contributed by atoms with Gasteiger partial charge in [0.15, 0.2) is 5.16 Å². The molecule has 0 bridgehead atoms. The van der Waals surface area contributed by atoms with Gasteiger partial charge in [0.2, 0.25) is 0 Å². The lowest BCUT2D eigenvalue weighted by molar-refractivity contribution is 0.159. The van der Waals surface area contributed by atoms with Gasteiger partial charge in [-0.1, -0.05) is 18.2 Å². The fraction of sp³-hybridized carbons (Fsp3) is 0.667. The first kappa shape index (κ1) is 12.8. The summed E-state index contributed by atoms with van der Waals surface area (Å²) in [6, 6.07) is 1.89. The van der Waals surface area contributed by atoms with E-state index in [1.807, 2.05) is 13.0 Å². The third kappa shape index (κ3) is 3.40. The highest BCUT2D eigenvalue weighted by molar-refractivity contribution is 7.99. The van der Waals surface area contributed by atoms with Gasteiger partial charge in [-0.25, -0.2) is 9.97 Å². The van der Waals surface area contributed by atoms with Crippen LogP contribution in [0.5, 0.6) is 0 Å². The standard InChI is InChI=1S/C12H19N3OS/c1-9-4-6-14-11(15-9)17-10-3-2-5-12(13,7-10)8-16/h4,6,10,16H,2-3,5,7-8,13H2,1H3. The smallest absolute Gasteiger partial charge is 0.187 e. The minimum atomic E-state index is -0.403. The summed E-state index contributed by atoms with van der Waals surface area (Å²) in [7, 11) is 0. The van der Waals surface area contributed by atoms with Gasteiger partial charge in [-0.3, -0.25) is 0 Å². The molecule has 1 fully saturated rings. The molecule has 0 aromatic carbocycles. The van der Waals surface area contributed by atoms with Gasteiger partial charge in [0.25, 0.3) is 0 Å². The van der Waals surface area contributed by atoms with Crippen molar-refractivity contribution in [1.29, 1.82) is 0 Å². The lowest BCUT2D eigenvalue weighted by atomic mass is 9.83. The summed E-state index contributed by atoms with van der Waals surface area (Å²) in [6.07, 6.45) is 5.73. The Morgan fingerprint density at radius 1 is 1.65 bits per heavy atom. The Hall–Kier alpha value is -0.650. The molecule has 3 N–H and O–H groups in total. The Balaban J connectivity index is 1.99. The van der Waals surface area contributed by atoms with Crippen LogP contribution in [-0.4, -0.2) is 32.5 Å². The summed E-state index contributed by atoms with van der Waals surface area (Å²) in [5.74, 6) is 0. The van der Waals surface area contributed by atoms with E-state index in [-0.39, 0.29) is 6.61 Å². The second-order valence-corrected chi connectivity index (χ2v) is 6.10. The average Bonchev–Trinajstić information content (AvgIpc) is 2.29. The van der Waals surface area contributed by atoms with Crippen LogP contribution >= 0.6 is 11.8 Å². The Bertz CT molecular complexity index is 388. The number of aromatic nitrogens is 2. The molecular formula is C12H19N3OS. The highest BCUT2D eigenvalue weighted by Crippen LogP contribution is 2.35. The third-order valence-corrected chi connectivity index (χ3v) is 4.34. The van der Waals surface area contributed by atoms with Gasteiger partial charge in [-0.05, 0) is 32.3 Å². The summed E-state index contributed by atoms with van der Waals surface area (Å²) >= 11 is 1.68. The fourth-order valence-electron chi connectivity index (χ4n) is 2.22. The molecule has 94 valence electrons. The van der Waals surface area contributed by atoms with E-state index in [1.165, 1.54) is 0 Å². The number of hydrogen-bond acceptors (Lipinski definition) is 5. The predicted molar refractivity (Wildman–Crippen MR) is 68.9 cm³/mol. The van der Waals surface area contributed by atoms with Gasteiger partial charge in [0, 0.05) is 22.7 Å². The van der Waals surface area contributed by atoms with Gasteiger partial charge < -0.3 is 10.8 Å². The molecule has 1 heterocycles. The molecule has 2 unspecified atom stereocenters. The van der Waals surface area contributed by atoms with E-state index in [0.29, 0.717) is 5.25 Å². The molecule has 1 saturated carbocycles. The topological polar surface area (TPSA) is 72.0 Å². The summed E-state index contributed by atoms with van der Waals surface area (Å²) < 4.78 is 0. The van der Waals surface area contributed by atoms with E-state index < -0.39 is 5.54 Å². The molecule has 1 aromatic heterocycles. The summed E-state index contributed by atoms with van der Waals surface area (Å²) in [5.41, 5.74) is 6.71. The number of aliphatic hydroxyl groups is 1. The highest BCUT2D eigenvalue weighted by Gasteiger charge is 2.32. The molecule has 2 rings (SSSR count). The monoisotopic (exact) mass is 253 g/mol. The first-order chi connectivity index (χ1) is 8.11. The number of aliphatic hydroxyl groups excluding tert-OH is 1. The van der Waals surface area contributed by atoms with Crippen LogP contribution in [-0.2, 0) is 0 Å². The molecule has 0 aliphatic heterocycles. The number of nitrogens with two attached hydrogens (primary N) is 1. The van der Waals surface area contributed by atoms with Gasteiger partial charge in [0.1, 0.15) is 0 Å². The summed E-state index contributed by atoms with van der Waals surface area (Å²) in [5, 5.41) is 10.5. The Labute approximate surface area is 106 Å². The van der Waals surface area contributed by atoms with Crippen molar-refractivity contribution in [2.45, 2.75) is 48.6 Å². The molecule has 1 aliphatic carbocycles. The highest BCUT2D eigenvalue weighted by atomic mass is 32.2. The van der Waals surface area contributed by atoms with Crippen molar-refractivity contribution in [3.63, 3.8) is 0 Å². The van der Waals surface area contributed by atoms with E-state index in [1.54, 1.807) is 18.0 Å². The summed E-state index contributed by atoms with van der Waals surface area (Å²) in [6.45, 7) is 2.03. The average molecular weight is 253 g/mol. The number of rotatable bonds is 3. The minimum Gasteiger partial charge on any atom is -0.394 e. The van der Waals surface area contributed by atoms with Crippen LogP contribution in [0.25, 0.3) is 0 Å². The third-order valence-electron chi connectivity index (χ3n) is 3.19. The normalized spacial score (nSPS) is 29.2. The van der Waals surface area contributed by atoms with E-state index in [0.717, 1.165) is 36.5 Å². The maximum Gasteiger partial charge on any atom is 0.187 e. The maximum absolute atomic E-state index is 9.31. The summed E-state index contributed by atoms with van der Waals surface area (Å²) in [4.78, 5) is 8.65. The molecule has 0 radical (unpaired) electrons. The Kier molecular flexibility index (Phi) is 4.01. The molecule has 2 atom stereocenters. The molecule has 4 nitrogen and oxygen atoms in total. The van der Waals surface area contributed by atoms with Gasteiger partial charge in [-0.15, -0.1) is 0 Å². The Morgan fingerprint density at radius 3 is 3.18 bits per heavy atom. The maximum atomic E-state index is 9.31. The van der Waals surface area contributed by atoms with E-state index in [4.69, 9.17) is 5.73 Å². The van der Waals surface area contributed by atoms with Crippen molar-refractivity contribution in [2.24, 2.45) is 5.73 Å². The molecule has 1 aliphatic rings. The van der Waals surface area contributed by atoms with Crippen molar-refractivity contribution >= 4 is 11.8 Å². The first-order valence-electron chi connectivity index (χ1n) is 5.97. The van der Waals surface area contributed by atoms with E-state index in [2.05, 4.69) is 9.97 Å². The van der Waals surface area contributed by atoms with Crippen LogP contribution < -0.4 is 5.73 Å². The first-order valence-corrected chi connectivity index (χ1v) is 6.85. The molecule has 1 aromatic rings. The van der Waals surface area contributed by atoms with Crippen LogP contribution in [0, 0.1) is 6.92 Å². The SMILES string of the molecule is Cc1ccnc(SC2CCCC(N)(CO)C2)n1. The zero-order chi connectivity index (χ0) is 12.3. The quantitative estimate of drug-likeness (QED) is 0.799.